The first-order chi connectivity index (χ1) is 9.58. The van der Waals surface area contributed by atoms with Crippen molar-refractivity contribution in [2.45, 2.75) is 51.6 Å². The second kappa shape index (κ2) is 6.89. The molecule has 0 aromatic heterocycles. The zero-order valence-electron chi connectivity index (χ0n) is 12.7. The molecule has 2 rings (SSSR count). The molecule has 1 aromatic rings. The van der Waals surface area contributed by atoms with Gasteiger partial charge in [-0.25, -0.2) is 0 Å². The summed E-state index contributed by atoms with van der Waals surface area (Å²) in [4.78, 5) is 2.58. The van der Waals surface area contributed by atoms with Crippen LogP contribution in [-0.2, 0) is 0 Å². The highest BCUT2D eigenvalue weighted by Gasteiger charge is 2.34. The largest absolute Gasteiger partial charge is 0.388 e. The van der Waals surface area contributed by atoms with Crippen LogP contribution in [0.25, 0.3) is 0 Å². The van der Waals surface area contributed by atoms with Crippen molar-refractivity contribution in [3.63, 3.8) is 0 Å². The quantitative estimate of drug-likeness (QED) is 0.562. The van der Waals surface area contributed by atoms with Gasteiger partial charge < -0.3 is 5.73 Å². The number of hydrogen-bond acceptors (Lipinski definition) is 2. The van der Waals surface area contributed by atoms with Crippen LogP contribution in [0.1, 0.15) is 51.1 Å². The van der Waals surface area contributed by atoms with E-state index < -0.39 is 0 Å². The van der Waals surface area contributed by atoms with E-state index in [0.29, 0.717) is 18.4 Å². The molecule has 0 saturated heterocycles. The molecule has 0 radical (unpaired) electrons. The van der Waals surface area contributed by atoms with Gasteiger partial charge in [0.05, 0.1) is 5.84 Å². The molecule has 1 fully saturated rings. The highest BCUT2D eigenvalue weighted by atomic mass is 15.2. The van der Waals surface area contributed by atoms with Gasteiger partial charge in [-0.15, -0.1) is 0 Å². The van der Waals surface area contributed by atoms with Crippen LogP contribution in [0.15, 0.2) is 30.3 Å². The van der Waals surface area contributed by atoms with Crippen molar-refractivity contribution < 1.29 is 0 Å². The van der Waals surface area contributed by atoms with Gasteiger partial charge in [-0.3, -0.25) is 10.3 Å². The Kier molecular flexibility index (Phi) is 5.18. The van der Waals surface area contributed by atoms with Crippen molar-refractivity contribution in [1.29, 1.82) is 5.41 Å². The molecule has 1 aliphatic carbocycles. The Morgan fingerprint density at radius 1 is 1.30 bits per heavy atom. The number of benzene rings is 1. The van der Waals surface area contributed by atoms with E-state index >= 15 is 0 Å². The Morgan fingerprint density at radius 2 is 1.95 bits per heavy atom. The van der Waals surface area contributed by atoms with E-state index in [2.05, 4.69) is 43.0 Å². The van der Waals surface area contributed by atoms with Crippen LogP contribution in [0.4, 0.5) is 0 Å². The summed E-state index contributed by atoms with van der Waals surface area (Å²) in [6, 6.07) is 11.5. The lowest BCUT2D eigenvalue weighted by atomic mass is 10.00. The standard InChI is InChI=1S/C17H27N3/c1-13(2)10-11-20(15-8-9-15)16(12-17(18)19)14-6-4-3-5-7-14/h3-7,13,15-16H,8-12H2,1-2H3,(H3,18,19). The van der Waals surface area contributed by atoms with E-state index in [1.165, 1.54) is 24.8 Å². The van der Waals surface area contributed by atoms with Gasteiger partial charge >= 0.3 is 0 Å². The smallest absolute Gasteiger partial charge is 0.0924 e. The lowest BCUT2D eigenvalue weighted by molar-refractivity contribution is 0.180. The fourth-order valence-electron chi connectivity index (χ4n) is 2.72. The number of amidine groups is 1. The number of hydrogen-bond donors (Lipinski definition) is 2. The molecular formula is C17H27N3. The van der Waals surface area contributed by atoms with Crippen molar-refractivity contribution in [1.82, 2.24) is 4.90 Å². The molecule has 0 aliphatic heterocycles. The monoisotopic (exact) mass is 273 g/mol. The SMILES string of the molecule is CC(C)CCN(C1CC1)C(CC(=N)N)c1ccccc1. The summed E-state index contributed by atoms with van der Waals surface area (Å²) >= 11 is 0. The summed E-state index contributed by atoms with van der Waals surface area (Å²) in [5, 5.41) is 7.70. The summed E-state index contributed by atoms with van der Waals surface area (Å²) in [6.45, 7) is 5.65. The zero-order valence-corrected chi connectivity index (χ0v) is 12.7. The van der Waals surface area contributed by atoms with Crippen LogP contribution < -0.4 is 5.73 Å². The van der Waals surface area contributed by atoms with Crippen LogP contribution in [0.2, 0.25) is 0 Å². The van der Waals surface area contributed by atoms with Crippen molar-refractivity contribution in [2.75, 3.05) is 6.54 Å². The Morgan fingerprint density at radius 3 is 2.45 bits per heavy atom. The Balaban J connectivity index is 2.16. The lowest BCUT2D eigenvalue weighted by Crippen LogP contribution is -2.35. The normalized spacial score (nSPS) is 16.6. The third-order valence-electron chi connectivity index (χ3n) is 3.98. The van der Waals surface area contributed by atoms with Gasteiger partial charge in [-0.2, -0.15) is 0 Å². The molecule has 1 atom stereocenters. The van der Waals surface area contributed by atoms with Gasteiger partial charge in [0.25, 0.3) is 0 Å². The predicted molar refractivity (Wildman–Crippen MR) is 84.9 cm³/mol. The van der Waals surface area contributed by atoms with Crippen LogP contribution in [-0.4, -0.2) is 23.3 Å². The van der Waals surface area contributed by atoms with Gasteiger partial charge in [0, 0.05) is 18.5 Å². The van der Waals surface area contributed by atoms with Gasteiger partial charge in [-0.1, -0.05) is 44.2 Å². The van der Waals surface area contributed by atoms with Gasteiger partial charge in [0.2, 0.25) is 0 Å². The summed E-state index contributed by atoms with van der Waals surface area (Å²) in [5.74, 6) is 0.999. The summed E-state index contributed by atoms with van der Waals surface area (Å²) in [5.41, 5.74) is 6.99. The number of rotatable bonds is 8. The first kappa shape index (κ1) is 15.0. The number of nitrogens with zero attached hydrogens (tertiary/aromatic N) is 1. The first-order valence-electron chi connectivity index (χ1n) is 7.71. The Labute approximate surface area is 122 Å². The summed E-state index contributed by atoms with van der Waals surface area (Å²) in [7, 11) is 0. The third kappa shape index (κ3) is 4.34. The molecule has 3 heteroatoms. The molecular weight excluding hydrogens is 246 g/mol. The predicted octanol–water partition coefficient (Wildman–Crippen LogP) is 3.56. The van der Waals surface area contributed by atoms with E-state index in [9.17, 15) is 0 Å². The maximum absolute atomic E-state index is 7.70. The average Bonchev–Trinajstić information content (AvgIpc) is 3.22. The lowest BCUT2D eigenvalue weighted by Gasteiger charge is -2.32. The van der Waals surface area contributed by atoms with Crippen molar-refractivity contribution >= 4 is 5.84 Å². The van der Waals surface area contributed by atoms with Crippen LogP contribution in [0, 0.1) is 11.3 Å². The highest BCUT2D eigenvalue weighted by Crippen LogP contribution is 2.36. The molecule has 1 aromatic carbocycles. The first-order valence-corrected chi connectivity index (χ1v) is 7.71. The molecule has 0 amide bonds. The van der Waals surface area contributed by atoms with Crippen LogP contribution in [0.3, 0.4) is 0 Å². The minimum absolute atomic E-state index is 0.264. The second-order valence-electron chi connectivity index (χ2n) is 6.31. The molecule has 3 N–H and O–H groups in total. The minimum atomic E-state index is 0.264. The summed E-state index contributed by atoms with van der Waals surface area (Å²) in [6.07, 6.45) is 4.43. The van der Waals surface area contributed by atoms with Crippen molar-refractivity contribution in [3.05, 3.63) is 35.9 Å². The van der Waals surface area contributed by atoms with E-state index in [0.717, 1.165) is 6.54 Å². The maximum Gasteiger partial charge on any atom is 0.0924 e. The molecule has 1 unspecified atom stereocenters. The summed E-state index contributed by atoms with van der Waals surface area (Å²) < 4.78 is 0. The minimum Gasteiger partial charge on any atom is -0.388 e. The highest BCUT2D eigenvalue weighted by molar-refractivity contribution is 5.77. The Hall–Kier alpha value is -1.35. The molecule has 0 bridgehead atoms. The third-order valence-corrected chi connectivity index (χ3v) is 3.98. The molecule has 1 saturated carbocycles. The topological polar surface area (TPSA) is 53.1 Å². The average molecular weight is 273 g/mol. The number of nitrogens with two attached hydrogens (primary N) is 1. The fraction of sp³-hybridized carbons (Fsp3) is 0.588. The van der Waals surface area contributed by atoms with E-state index in [-0.39, 0.29) is 11.9 Å². The molecule has 1 aliphatic rings. The number of nitrogens with one attached hydrogen (secondary N) is 1. The fourth-order valence-corrected chi connectivity index (χ4v) is 2.72. The van der Waals surface area contributed by atoms with Crippen LogP contribution >= 0.6 is 0 Å². The zero-order chi connectivity index (χ0) is 14.5. The van der Waals surface area contributed by atoms with Crippen molar-refractivity contribution in [2.24, 2.45) is 11.7 Å². The van der Waals surface area contributed by atoms with E-state index in [1.54, 1.807) is 0 Å². The van der Waals surface area contributed by atoms with E-state index in [4.69, 9.17) is 11.1 Å². The molecule has 0 spiro atoms. The molecule has 110 valence electrons. The maximum atomic E-state index is 7.70. The van der Waals surface area contributed by atoms with Gasteiger partial charge in [-0.05, 0) is 37.3 Å². The van der Waals surface area contributed by atoms with Crippen LogP contribution in [0.5, 0.6) is 0 Å². The Bertz CT molecular complexity index is 423. The van der Waals surface area contributed by atoms with Crippen molar-refractivity contribution in [3.8, 4) is 0 Å². The van der Waals surface area contributed by atoms with Gasteiger partial charge in [0.1, 0.15) is 0 Å². The van der Waals surface area contributed by atoms with Gasteiger partial charge in [0.15, 0.2) is 0 Å². The second-order valence-corrected chi connectivity index (χ2v) is 6.31. The molecule has 20 heavy (non-hydrogen) atoms. The molecule has 0 heterocycles. The molecule has 3 nitrogen and oxygen atoms in total. The van der Waals surface area contributed by atoms with E-state index in [1.807, 2.05) is 6.07 Å².